The van der Waals surface area contributed by atoms with E-state index in [1.54, 1.807) is 0 Å². The van der Waals surface area contributed by atoms with Gasteiger partial charge in [-0.05, 0) is 50.3 Å². The second-order valence-electron chi connectivity index (χ2n) is 5.31. The predicted molar refractivity (Wildman–Crippen MR) is 75.0 cm³/mol. The zero-order chi connectivity index (χ0) is 13.1. The fraction of sp³-hybridized carbons (Fsp3) is 0.533. The van der Waals surface area contributed by atoms with E-state index in [0.717, 1.165) is 17.2 Å². The highest BCUT2D eigenvalue weighted by Gasteiger charge is 2.25. The van der Waals surface area contributed by atoms with Gasteiger partial charge in [0.05, 0.1) is 0 Å². The Hall–Kier alpha value is -1.51. The van der Waals surface area contributed by atoms with Crippen LogP contribution in [0.15, 0.2) is 18.2 Å². The number of hydrogen-bond acceptors (Lipinski definition) is 2. The molecule has 2 N–H and O–H groups in total. The fourth-order valence-electron chi connectivity index (χ4n) is 2.42. The van der Waals surface area contributed by atoms with Crippen LogP contribution in [0.5, 0.6) is 0 Å². The van der Waals surface area contributed by atoms with Crippen LogP contribution in [0.3, 0.4) is 0 Å². The van der Waals surface area contributed by atoms with Gasteiger partial charge in [-0.3, -0.25) is 4.79 Å². The Kier molecular flexibility index (Phi) is 3.90. The summed E-state index contributed by atoms with van der Waals surface area (Å²) in [6.07, 6.45) is 2.45. The summed E-state index contributed by atoms with van der Waals surface area (Å²) in [6, 6.07) is 6.43. The van der Waals surface area contributed by atoms with Crippen molar-refractivity contribution in [3.8, 4) is 0 Å². The number of anilines is 1. The van der Waals surface area contributed by atoms with Crippen molar-refractivity contribution in [3.63, 3.8) is 0 Å². The Bertz CT molecular complexity index is 436. The molecule has 18 heavy (non-hydrogen) atoms. The second-order valence-corrected chi connectivity index (χ2v) is 5.31. The van der Waals surface area contributed by atoms with Gasteiger partial charge in [0.1, 0.15) is 0 Å². The maximum Gasteiger partial charge on any atom is 0.251 e. The first-order valence-corrected chi connectivity index (χ1v) is 6.75. The standard InChI is InChI=1S/C15H22N2O/c1-4-16-15(18)12-6-5-11(3)14(9-12)17-13-7-10(2)8-13/h5-6,9-10,13,17H,4,7-8H2,1-3H3,(H,16,18). The molecule has 1 aromatic rings. The predicted octanol–water partition coefficient (Wildman–Crippen LogP) is 2.96. The van der Waals surface area contributed by atoms with Crippen molar-refractivity contribution in [1.29, 1.82) is 0 Å². The number of hydrogen-bond donors (Lipinski definition) is 2. The van der Waals surface area contributed by atoms with Crippen molar-refractivity contribution < 1.29 is 4.79 Å². The summed E-state index contributed by atoms with van der Waals surface area (Å²) in [5, 5.41) is 6.36. The molecule has 0 bridgehead atoms. The first-order chi connectivity index (χ1) is 8.60. The van der Waals surface area contributed by atoms with E-state index >= 15 is 0 Å². The number of aryl methyl sites for hydroxylation is 1. The lowest BCUT2D eigenvalue weighted by Crippen LogP contribution is -2.34. The summed E-state index contributed by atoms with van der Waals surface area (Å²) in [5.41, 5.74) is 3.02. The number of rotatable bonds is 4. The van der Waals surface area contributed by atoms with E-state index in [1.807, 2.05) is 25.1 Å². The van der Waals surface area contributed by atoms with E-state index in [1.165, 1.54) is 18.4 Å². The number of nitrogens with one attached hydrogen (secondary N) is 2. The van der Waals surface area contributed by atoms with Crippen LogP contribution in [-0.2, 0) is 0 Å². The van der Waals surface area contributed by atoms with Crippen LogP contribution in [-0.4, -0.2) is 18.5 Å². The molecule has 0 radical (unpaired) electrons. The monoisotopic (exact) mass is 246 g/mol. The molecular weight excluding hydrogens is 224 g/mol. The van der Waals surface area contributed by atoms with Gasteiger partial charge in [-0.2, -0.15) is 0 Å². The van der Waals surface area contributed by atoms with Crippen molar-refractivity contribution in [2.24, 2.45) is 5.92 Å². The third-order valence-electron chi connectivity index (χ3n) is 3.57. The molecule has 1 aromatic carbocycles. The summed E-state index contributed by atoms with van der Waals surface area (Å²) in [5.74, 6) is 0.830. The summed E-state index contributed by atoms with van der Waals surface area (Å²) in [4.78, 5) is 11.8. The molecular formula is C15H22N2O. The van der Waals surface area contributed by atoms with E-state index < -0.39 is 0 Å². The number of amides is 1. The van der Waals surface area contributed by atoms with Gasteiger partial charge in [0, 0.05) is 23.8 Å². The molecule has 0 unspecified atom stereocenters. The highest BCUT2D eigenvalue weighted by atomic mass is 16.1. The Morgan fingerprint density at radius 2 is 2.11 bits per heavy atom. The smallest absolute Gasteiger partial charge is 0.251 e. The van der Waals surface area contributed by atoms with Crippen molar-refractivity contribution in [3.05, 3.63) is 29.3 Å². The molecule has 3 heteroatoms. The minimum absolute atomic E-state index is 0.00234. The van der Waals surface area contributed by atoms with Gasteiger partial charge in [-0.1, -0.05) is 13.0 Å². The summed E-state index contributed by atoms with van der Waals surface area (Å²) >= 11 is 0. The lowest BCUT2D eigenvalue weighted by molar-refractivity contribution is 0.0956. The van der Waals surface area contributed by atoms with E-state index in [-0.39, 0.29) is 5.91 Å². The molecule has 0 spiro atoms. The largest absolute Gasteiger partial charge is 0.382 e. The van der Waals surface area contributed by atoms with Gasteiger partial charge in [0.25, 0.3) is 5.91 Å². The van der Waals surface area contributed by atoms with E-state index in [2.05, 4.69) is 24.5 Å². The van der Waals surface area contributed by atoms with Crippen LogP contribution in [0.2, 0.25) is 0 Å². The van der Waals surface area contributed by atoms with Crippen LogP contribution in [0.1, 0.15) is 42.6 Å². The van der Waals surface area contributed by atoms with Crippen LogP contribution >= 0.6 is 0 Å². The van der Waals surface area contributed by atoms with E-state index in [4.69, 9.17) is 0 Å². The third kappa shape index (κ3) is 2.84. The first-order valence-electron chi connectivity index (χ1n) is 6.75. The van der Waals surface area contributed by atoms with Crippen molar-refractivity contribution in [2.75, 3.05) is 11.9 Å². The van der Waals surface area contributed by atoms with Crippen LogP contribution < -0.4 is 10.6 Å². The first kappa shape index (κ1) is 12.9. The van der Waals surface area contributed by atoms with Gasteiger partial charge in [0.15, 0.2) is 0 Å². The van der Waals surface area contributed by atoms with Crippen LogP contribution in [0.4, 0.5) is 5.69 Å². The Morgan fingerprint density at radius 3 is 2.72 bits per heavy atom. The van der Waals surface area contributed by atoms with Crippen molar-refractivity contribution in [1.82, 2.24) is 5.32 Å². The van der Waals surface area contributed by atoms with Gasteiger partial charge in [0.2, 0.25) is 0 Å². The molecule has 0 aliphatic heterocycles. The summed E-state index contributed by atoms with van der Waals surface area (Å²) in [7, 11) is 0. The molecule has 0 atom stereocenters. The van der Waals surface area contributed by atoms with Gasteiger partial charge in [-0.15, -0.1) is 0 Å². The summed E-state index contributed by atoms with van der Waals surface area (Å²) < 4.78 is 0. The average molecular weight is 246 g/mol. The van der Waals surface area contributed by atoms with E-state index in [9.17, 15) is 4.79 Å². The van der Waals surface area contributed by atoms with Gasteiger partial charge < -0.3 is 10.6 Å². The Balaban J connectivity index is 2.09. The van der Waals surface area contributed by atoms with Crippen molar-refractivity contribution >= 4 is 11.6 Å². The number of carbonyl (C=O) groups excluding carboxylic acids is 1. The molecule has 0 aromatic heterocycles. The average Bonchev–Trinajstić information content (AvgIpc) is 2.30. The Morgan fingerprint density at radius 1 is 1.39 bits per heavy atom. The zero-order valence-corrected chi connectivity index (χ0v) is 11.4. The molecule has 1 fully saturated rings. The number of benzene rings is 1. The molecule has 0 saturated heterocycles. The normalized spacial score (nSPS) is 22.2. The van der Waals surface area contributed by atoms with Crippen molar-refractivity contribution in [2.45, 2.75) is 39.7 Å². The SMILES string of the molecule is CCNC(=O)c1ccc(C)c(NC2CC(C)C2)c1. The molecule has 98 valence electrons. The summed E-state index contributed by atoms with van der Waals surface area (Å²) in [6.45, 7) is 6.94. The van der Waals surface area contributed by atoms with Gasteiger partial charge in [-0.25, -0.2) is 0 Å². The highest BCUT2D eigenvalue weighted by Crippen LogP contribution is 2.30. The van der Waals surface area contributed by atoms with E-state index in [0.29, 0.717) is 12.6 Å². The minimum atomic E-state index is 0.00234. The second kappa shape index (κ2) is 5.42. The molecule has 1 saturated carbocycles. The zero-order valence-electron chi connectivity index (χ0n) is 11.4. The maximum absolute atomic E-state index is 11.8. The molecule has 0 heterocycles. The van der Waals surface area contributed by atoms with Crippen LogP contribution in [0.25, 0.3) is 0 Å². The topological polar surface area (TPSA) is 41.1 Å². The lowest BCUT2D eigenvalue weighted by atomic mass is 9.81. The third-order valence-corrected chi connectivity index (χ3v) is 3.57. The van der Waals surface area contributed by atoms with Crippen LogP contribution in [0, 0.1) is 12.8 Å². The lowest BCUT2D eigenvalue weighted by Gasteiger charge is -2.34. The molecule has 1 aliphatic rings. The van der Waals surface area contributed by atoms with Gasteiger partial charge >= 0.3 is 0 Å². The Labute approximate surface area is 109 Å². The molecule has 1 amide bonds. The number of carbonyl (C=O) groups is 1. The fourth-order valence-corrected chi connectivity index (χ4v) is 2.42. The maximum atomic E-state index is 11.8. The highest BCUT2D eigenvalue weighted by molar-refractivity contribution is 5.95. The minimum Gasteiger partial charge on any atom is -0.382 e. The molecule has 1 aliphatic carbocycles. The molecule has 2 rings (SSSR count). The quantitative estimate of drug-likeness (QED) is 0.857. The molecule has 3 nitrogen and oxygen atoms in total.